The van der Waals surface area contributed by atoms with E-state index in [4.69, 9.17) is 19.7 Å². The topological polar surface area (TPSA) is 131 Å². The summed E-state index contributed by atoms with van der Waals surface area (Å²) in [6.45, 7) is 2.11. The monoisotopic (exact) mass is 385 g/mol. The number of azide groups is 1. The van der Waals surface area contributed by atoms with E-state index in [1.165, 1.54) is 10.8 Å². The van der Waals surface area contributed by atoms with Crippen LogP contribution in [0.4, 0.5) is 0 Å². The van der Waals surface area contributed by atoms with Crippen LogP contribution < -0.4 is 11.2 Å². The third-order valence-electron chi connectivity index (χ3n) is 5.07. The molecule has 1 aromatic carbocycles. The maximum absolute atomic E-state index is 12.3. The first-order valence-corrected chi connectivity index (χ1v) is 8.82. The van der Waals surface area contributed by atoms with Crippen molar-refractivity contribution in [3.05, 3.63) is 78.9 Å². The quantitative estimate of drug-likeness (QED) is 0.456. The molecule has 0 amide bonds. The van der Waals surface area contributed by atoms with Crippen molar-refractivity contribution in [3.63, 3.8) is 0 Å². The number of nitrogens with zero attached hydrogens (tertiary/aromatic N) is 4. The lowest BCUT2D eigenvalue weighted by Gasteiger charge is -2.30. The van der Waals surface area contributed by atoms with E-state index in [-0.39, 0.29) is 13.2 Å². The molecule has 0 saturated carbocycles. The molecule has 1 unspecified atom stereocenters. The number of aryl methyl sites for hydroxylation is 1. The first kappa shape index (κ1) is 18.5. The molecule has 0 radical (unpaired) electrons. The van der Waals surface area contributed by atoms with Gasteiger partial charge in [0.05, 0.1) is 19.8 Å². The van der Waals surface area contributed by atoms with Gasteiger partial charge in [0.25, 0.3) is 5.56 Å². The molecule has 2 saturated heterocycles. The Labute approximate surface area is 159 Å². The molecule has 2 aromatic rings. The van der Waals surface area contributed by atoms with Gasteiger partial charge < -0.3 is 14.2 Å². The molecular weight excluding hydrogens is 366 g/mol. The average molecular weight is 385 g/mol. The Balaban J connectivity index is 1.65. The van der Waals surface area contributed by atoms with Crippen molar-refractivity contribution in [1.82, 2.24) is 9.55 Å². The van der Waals surface area contributed by atoms with Crippen molar-refractivity contribution >= 4 is 0 Å². The molecule has 4 rings (SSSR count). The van der Waals surface area contributed by atoms with Crippen LogP contribution >= 0.6 is 0 Å². The molecular formula is C18H19N5O5. The van der Waals surface area contributed by atoms with E-state index in [9.17, 15) is 9.59 Å². The van der Waals surface area contributed by atoms with Gasteiger partial charge in [0, 0.05) is 16.7 Å². The van der Waals surface area contributed by atoms with Crippen molar-refractivity contribution in [1.29, 1.82) is 0 Å². The number of aromatic nitrogens is 2. The van der Waals surface area contributed by atoms with Gasteiger partial charge in [-0.2, -0.15) is 0 Å². The Hall–Kier alpha value is -2.91. The molecule has 2 bridgehead atoms. The van der Waals surface area contributed by atoms with Gasteiger partial charge >= 0.3 is 5.69 Å². The van der Waals surface area contributed by atoms with Crippen molar-refractivity contribution in [2.75, 3.05) is 13.2 Å². The molecule has 1 aromatic heterocycles. The van der Waals surface area contributed by atoms with E-state index in [1.807, 2.05) is 30.3 Å². The lowest BCUT2D eigenvalue weighted by Crippen LogP contribution is -2.45. The highest BCUT2D eigenvalue weighted by molar-refractivity contribution is 5.15. The van der Waals surface area contributed by atoms with Gasteiger partial charge in [-0.15, -0.1) is 0 Å². The predicted octanol–water partition coefficient (Wildman–Crippen LogP) is 1.41. The molecule has 0 aliphatic carbocycles. The van der Waals surface area contributed by atoms with E-state index in [1.54, 1.807) is 6.92 Å². The molecule has 0 spiro atoms. The maximum atomic E-state index is 12.3. The molecule has 2 fully saturated rings. The lowest BCUT2D eigenvalue weighted by molar-refractivity contribution is -0.171. The largest absolute Gasteiger partial charge is 0.368 e. The highest BCUT2D eigenvalue weighted by Gasteiger charge is 2.62. The summed E-state index contributed by atoms with van der Waals surface area (Å²) in [4.78, 5) is 29.1. The zero-order valence-corrected chi connectivity index (χ0v) is 15.1. The SMILES string of the molecule is Cc1cn([C@@H]2O[C@@]3(CN=[N+]=[N-])COC2[C@H]3OCc2ccccc2)c(=O)[nH]c1=O. The fraction of sp³-hybridized carbons (Fsp3) is 0.444. The summed E-state index contributed by atoms with van der Waals surface area (Å²) in [6.07, 6.45) is -0.486. The zero-order valence-electron chi connectivity index (χ0n) is 15.1. The summed E-state index contributed by atoms with van der Waals surface area (Å²) >= 11 is 0. The van der Waals surface area contributed by atoms with Crippen LogP contribution in [0.1, 0.15) is 17.4 Å². The van der Waals surface area contributed by atoms with Crippen LogP contribution in [-0.2, 0) is 20.8 Å². The minimum Gasteiger partial charge on any atom is -0.368 e. The molecule has 4 atom stereocenters. The van der Waals surface area contributed by atoms with Crippen LogP contribution in [0.25, 0.3) is 10.4 Å². The second-order valence-corrected chi connectivity index (χ2v) is 6.93. The smallest absolute Gasteiger partial charge is 0.330 e. The number of nitrogens with one attached hydrogen (secondary N) is 1. The molecule has 10 nitrogen and oxygen atoms in total. The van der Waals surface area contributed by atoms with Gasteiger partial charge in [0.2, 0.25) is 0 Å². The first-order valence-electron chi connectivity index (χ1n) is 8.82. The number of aromatic amines is 1. The number of fused-ring (bicyclic) bond motifs is 2. The lowest BCUT2D eigenvalue weighted by atomic mass is 9.99. The summed E-state index contributed by atoms with van der Waals surface area (Å²) in [7, 11) is 0. The van der Waals surface area contributed by atoms with Crippen molar-refractivity contribution < 1.29 is 14.2 Å². The van der Waals surface area contributed by atoms with Gasteiger partial charge in [0.1, 0.15) is 17.8 Å². The predicted molar refractivity (Wildman–Crippen MR) is 97.7 cm³/mol. The number of ether oxygens (including phenoxy) is 3. The van der Waals surface area contributed by atoms with Gasteiger partial charge in [-0.05, 0) is 18.0 Å². The van der Waals surface area contributed by atoms with Crippen LogP contribution in [0.15, 0.2) is 51.2 Å². The van der Waals surface area contributed by atoms with Gasteiger partial charge in [0.15, 0.2) is 6.23 Å². The number of benzene rings is 1. The number of hydrogen-bond donors (Lipinski definition) is 1. The summed E-state index contributed by atoms with van der Waals surface area (Å²) in [5, 5.41) is 3.66. The Kier molecular flexibility index (Phi) is 4.78. The number of hydrogen-bond acceptors (Lipinski definition) is 6. The third-order valence-corrected chi connectivity index (χ3v) is 5.07. The summed E-state index contributed by atoms with van der Waals surface area (Å²) in [6, 6.07) is 9.61. The molecule has 10 heteroatoms. The van der Waals surface area contributed by atoms with E-state index in [0.29, 0.717) is 12.2 Å². The summed E-state index contributed by atoms with van der Waals surface area (Å²) in [5.74, 6) is 0. The fourth-order valence-corrected chi connectivity index (χ4v) is 3.67. The first-order chi connectivity index (χ1) is 13.5. The van der Waals surface area contributed by atoms with Gasteiger partial charge in [-0.3, -0.25) is 14.3 Å². The van der Waals surface area contributed by atoms with Crippen LogP contribution in [0.2, 0.25) is 0 Å². The standard InChI is InChI=1S/C18H19N5O5/c1-11-7-23(17(25)21-15(11)24)16-13-14(26-8-12-5-3-2-4-6-12)18(28-16,10-27-13)9-20-22-19/h2-7,13-14,16H,8-10H2,1H3,(H,21,24,25)/t13?,14-,16-,18+/m1/s1. The van der Waals surface area contributed by atoms with E-state index in [0.717, 1.165) is 5.56 Å². The second kappa shape index (κ2) is 7.25. The van der Waals surface area contributed by atoms with Crippen molar-refractivity contribution in [3.8, 4) is 0 Å². The van der Waals surface area contributed by atoms with Crippen LogP contribution in [0.3, 0.4) is 0 Å². The normalized spacial score (nSPS) is 28.2. The Morgan fingerprint density at radius 3 is 2.93 bits per heavy atom. The van der Waals surface area contributed by atoms with Crippen LogP contribution in [-0.4, -0.2) is 40.5 Å². The van der Waals surface area contributed by atoms with Gasteiger partial charge in [-0.25, -0.2) is 4.79 Å². The molecule has 146 valence electrons. The maximum Gasteiger partial charge on any atom is 0.330 e. The Bertz CT molecular complexity index is 1030. The van der Waals surface area contributed by atoms with Crippen molar-refractivity contribution in [2.45, 2.75) is 37.6 Å². The molecule has 28 heavy (non-hydrogen) atoms. The van der Waals surface area contributed by atoms with Crippen molar-refractivity contribution in [2.24, 2.45) is 5.11 Å². The van der Waals surface area contributed by atoms with E-state index < -0.39 is 35.3 Å². The third kappa shape index (κ3) is 3.12. The minimum atomic E-state index is -1.00. The fourth-order valence-electron chi connectivity index (χ4n) is 3.67. The van der Waals surface area contributed by atoms with Crippen LogP contribution in [0, 0.1) is 6.92 Å². The Morgan fingerprint density at radius 2 is 2.18 bits per heavy atom. The average Bonchev–Trinajstić information content (AvgIpc) is 3.20. The van der Waals surface area contributed by atoms with E-state index in [2.05, 4.69) is 15.0 Å². The molecule has 2 aliphatic rings. The zero-order chi connectivity index (χ0) is 19.7. The molecule has 1 N–H and O–H groups in total. The molecule has 3 heterocycles. The summed E-state index contributed by atoms with van der Waals surface area (Å²) < 4.78 is 19.4. The van der Waals surface area contributed by atoms with Crippen LogP contribution in [0.5, 0.6) is 0 Å². The minimum absolute atomic E-state index is 0.00699. The van der Waals surface area contributed by atoms with Gasteiger partial charge in [-0.1, -0.05) is 35.4 Å². The highest BCUT2D eigenvalue weighted by Crippen LogP contribution is 2.46. The second-order valence-electron chi connectivity index (χ2n) is 6.93. The number of rotatable bonds is 6. The van der Waals surface area contributed by atoms with E-state index >= 15 is 0 Å². The number of H-pyrrole nitrogens is 1. The molecule has 2 aliphatic heterocycles. The Morgan fingerprint density at radius 1 is 1.39 bits per heavy atom. The summed E-state index contributed by atoms with van der Waals surface area (Å²) in [5.41, 5.74) is 8.06. The highest BCUT2D eigenvalue weighted by atomic mass is 16.7.